The van der Waals surface area contributed by atoms with Gasteiger partial charge in [-0.05, 0) is 41.9 Å². The molecule has 19 heavy (non-hydrogen) atoms. The summed E-state index contributed by atoms with van der Waals surface area (Å²) in [5.74, 6) is -0.439. The van der Waals surface area contributed by atoms with Crippen molar-refractivity contribution >= 4 is 27.6 Å². The van der Waals surface area contributed by atoms with Crippen LogP contribution in [-0.4, -0.2) is 22.9 Å². The number of nitrogens with two attached hydrogens (primary N) is 1. The van der Waals surface area contributed by atoms with Crippen LogP contribution in [0.1, 0.15) is 21.7 Å². The molecule has 0 unspecified atom stereocenters. The van der Waals surface area contributed by atoms with Crippen molar-refractivity contribution < 1.29 is 9.53 Å². The van der Waals surface area contributed by atoms with Crippen LogP contribution >= 0.6 is 15.9 Å². The molecule has 0 spiro atoms. The fraction of sp³-hybridized carbons (Fsp3) is 0.231. The monoisotopic (exact) mass is 323 g/mol. The number of aromatic nitrogens is 2. The smallest absolute Gasteiger partial charge is 0.340 e. The lowest BCUT2D eigenvalue weighted by Crippen LogP contribution is -2.12. The molecule has 0 radical (unpaired) electrons. The maximum atomic E-state index is 11.8. The highest BCUT2D eigenvalue weighted by molar-refractivity contribution is 9.10. The lowest BCUT2D eigenvalue weighted by molar-refractivity contribution is 0.0600. The number of esters is 1. The molecule has 1 heterocycles. The summed E-state index contributed by atoms with van der Waals surface area (Å²) in [5, 5.41) is 4.40. The first kappa shape index (κ1) is 13.6. The standard InChI is InChI=1S/C13H14BrN3O2/c1-7-11(14)8(2)17(16-7)12-9(13(18)19-3)5-4-6-10(12)15/h4-6H,15H2,1-3H3. The molecule has 0 fully saturated rings. The molecule has 2 rings (SSSR count). The second-order valence-corrected chi connectivity index (χ2v) is 4.92. The number of benzene rings is 1. The van der Waals surface area contributed by atoms with Crippen LogP contribution in [-0.2, 0) is 4.74 Å². The number of halogens is 1. The summed E-state index contributed by atoms with van der Waals surface area (Å²) in [5.41, 5.74) is 9.10. The number of anilines is 1. The minimum absolute atomic E-state index is 0.389. The van der Waals surface area contributed by atoms with Gasteiger partial charge in [0, 0.05) is 0 Å². The largest absolute Gasteiger partial charge is 0.465 e. The molecule has 5 nitrogen and oxygen atoms in total. The summed E-state index contributed by atoms with van der Waals surface area (Å²) in [6.07, 6.45) is 0. The van der Waals surface area contributed by atoms with Crippen LogP contribution in [0.15, 0.2) is 22.7 Å². The Morgan fingerprint density at radius 1 is 1.42 bits per heavy atom. The molecular weight excluding hydrogens is 310 g/mol. The molecular formula is C13H14BrN3O2. The zero-order valence-corrected chi connectivity index (χ0v) is 12.5. The highest BCUT2D eigenvalue weighted by Crippen LogP contribution is 2.28. The van der Waals surface area contributed by atoms with Crippen LogP contribution in [0.5, 0.6) is 0 Å². The van der Waals surface area contributed by atoms with Crippen LogP contribution in [0, 0.1) is 13.8 Å². The molecule has 0 bridgehead atoms. The normalized spacial score (nSPS) is 10.5. The van der Waals surface area contributed by atoms with Gasteiger partial charge in [-0.3, -0.25) is 0 Å². The minimum Gasteiger partial charge on any atom is -0.465 e. The summed E-state index contributed by atoms with van der Waals surface area (Å²) in [6, 6.07) is 5.11. The second-order valence-electron chi connectivity index (χ2n) is 4.13. The van der Waals surface area contributed by atoms with Crippen molar-refractivity contribution in [3.05, 3.63) is 39.6 Å². The Hall–Kier alpha value is -1.82. The van der Waals surface area contributed by atoms with E-state index in [2.05, 4.69) is 21.0 Å². The van der Waals surface area contributed by atoms with E-state index in [1.807, 2.05) is 13.8 Å². The van der Waals surface area contributed by atoms with Gasteiger partial charge in [0.25, 0.3) is 0 Å². The van der Waals surface area contributed by atoms with E-state index in [0.29, 0.717) is 16.9 Å². The van der Waals surface area contributed by atoms with Crippen LogP contribution in [0.4, 0.5) is 5.69 Å². The molecule has 0 aliphatic heterocycles. The van der Waals surface area contributed by atoms with E-state index < -0.39 is 5.97 Å². The molecule has 0 saturated heterocycles. The summed E-state index contributed by atoms with van der Waals surface area (Å²) < 4.78 is 7.33. The molecule has 2 N–H and O–H groups in total. The third kappa shape index (κ3) is 2.23. The van der Waals surface area contributed by atoms with Gasteiger partial charge in [0.15, 0.2) is 0 Å². The van der Waals surface area contributed by atoms with E-state index in [1.54, 1.807) is 22.9 Å². The van der Waals surface area contributed by atoms with Gasteiger partial charge in [0.1, 0.15) is 5.69 Å². The van der Waals surface area contributed by atoms with Crippen LogP contribution in [0.2, 0.25) is 0 Å². The van der Waals surface area contributed by atoms with E-state index in [9.17, 15) is 4.79 Å². The van der Waals surface area contributed by atoms with Crippen molar-refractivity contribution in [1.29, 1.82) is 0 Å². The number of ether oxygens (including phenoxy) is 1. The van der Waals surface area contributed by atoms with Crippen LogP contribution in [0.3, 0.4) is 0 Å². The predicted octanol–water partition coefficient (Wildman–Crippen LogP) is 2.62. The van der Waals surface area contributed by atoms with E-state index in [0.717, 1.165) is 15.9 Å². The second kappa shape index (κ2) is 5.05. The van der Waals surface area contributed by atoms with Gasteiger partial charge in [-0.15, -0.1) is 0 Å². The lowest BCUT2D eigenvalue weighted by Gasteiger charge is -2.12. The summed E-state index contributed by atoms with van der Waals surface area (Å²) in [7, 11) is 1.34. The number of para-hydroxylation sites is 1. The van der Waals surface area contributed by atoms with E-state index in [4.69, 9.17) is 10.5 Å². The Morgan fingerprint density at radius 3 is 2.63 bits per heavy atom. The summed E-state index contributed by atoms with van der Waals surface area (Å²) >= 11 is 3.46. The molecule has 2 aromatic rings. The van der Waals surface area contributed by atoms with Crippen molar-refractivity contribution in [2.75, 3.05) is 12.8 Å². The number of carbonyl (C=O) groups is 1. The third-order valence-electron chi connectivity index (χ3n) is 2.89. The van der Waals surface area contributed by atoms with Crippen molar-refractivity contribution in [2.45, 2.75) is 13.8 Å². The lowest BCUT2D eigenvalue weighted by atomic mass is 10.1. The van der Waals surface area contributed by atoms with Crippen LogP contribution < -0.4 is 5.73 Å². The number of hydrogen-bond donors (Lipinski definition) is 1. The molecule has 100 valence electrons. The number of methoxy groups -OCH3 is 1. The maximum Gasteiger partial charge on any atom is 0.340 e. The third-order valence-corrected chi connectivity index (χ3v) is 4.03. The van der Waals surface area contributed by atoms with Gasteiger partial charge >= 0.3 is 5.97 Å². The van der Waals surface area contributed by atoms with Gasteiger partial charge in [-0.1, -0.05) is 6.07 Å². The van der Waals surface area contributed by atoms with Gasteiger partial charge in [0.05, 0.1) is 34.2 Å². The van der Waals surface area contributed by atoms with Gasteiger partial charge in [-0.25, -0.2) is 9.48 Å². The van der Waals surface area contributed by atoms with Crippen molar-refractivity contribution in [3.63, 3.8) is 0 Å². The van der Waals surface area contributed by atoms with Gasteiger partial charge in [-0.2, -0.15) is 5.10 Å². The number of nitrogens with zero attached hydrogens (tertiary/aromatic N) is 2. The molecule has 1 aromatic carbocycles. The van der Waals surface area contributed by atoms with E-state index in [1.165, 1.54) is 7.11 Å². The topological polar surface area (TPSA) is 70.1 Å². The molecule has 0 aliphatic rings. The molecule has 0 saturated carbocycles. The van der Waals surface area contributed by atoms with Crippen LogP contribution in [0.25, 0.3) is 5.69 Å². The number of carbonyl (C=O) groups excluding carboxylic acids is 1. The first-order valence-corrected chi connectivity index (χ1v) is 6.45. The fourth-order valence-corrected chi connectivity index (χ4v) is 2.16. The Labute approximate surface area is 119 Å². The Kier molecular flexibility index (Phi) is 3.61. The number of hydrogen-bond acceptors (Lipinski definition) is 4. The average molecular weight is 324 g/mol. The Bertz CT molecular complexity index is 650. The van der Waals surface area contributed by atoms with Crippen molar-refractivity contribution in [2.24, 2.45) is 0 Å². The highest BCUT2D eigenvalue weighted by atomic mass is 79.9. The van der Waals surface area contributed by atoms with Crippen molar-refractivity contribution in [3.8, 4) is 5.69 Å². The zero-order chi connectivity index (χ0) is 14.2. The Balaban J connectivity index is 2.74. The molecule has 0 amide bonds. The predicted molar refractivity (Wildman–Crippen MR) is 76.5 cm³/mol. The summed E-state index contributed by atoms with van der Waals surface area (Å²) in [6.45, 7) is 3.78. The fourth-order valence-electron chi connectivity index (χ4n) is 1.91. The van der Waals surface area contributed by atoms with E-state index in [-0.39, 0.29) is 0 Å². The molecule has 6 heteroatoms. The average Bonchev–Trinajstić information content (AvgIpc) is 2.65. The molecule has 0 atom stereocenters. The quantitative estimate of drug-likeness (QED) is 0.681. The Morgan fingerprint density at radius 2 is 2.11 bits per heavy atom. The van der Waals surface area contributed by atoms with E-state index >= 15 is 0 Å². The molecule has 0 aliphatic carbocycles. The molecule has 1 aromatic heterocycles. The van der Waals surface area contributed by atoms with Gasteiger partial charge in [0.2, 0.25) is 0 Å². The summed E-state index contributed by atoms with van der Waals surface area (Å²) in [4.78, 5) is 11.8. The zero-order valence-electron chi connectivity index (χ0n) is 10.9. The van der Waals surface area contributed by atoms with Gasteiger partial charge < -0.3 is 10.5 Å². The number of aryl methyl sites for hydroxylation is 1. The first-order valence-electron chi connectivity index (χ1n) is 5.66. The number of rotatable bonds is 2. The SMILES string of the molecule is COC(=O)c1cccc(N)c1-n1nc(C)c(Br)c1C. The van der Waals surface area contributed by atoms with Crippen molar-refractivity contribution in [1.82, 2.24) is 9.78 Å². The highest BCUT2D eigenvalue weighted by Gasteiger charge is 2.19. The minimum atomic E-state index is -0.439. The maximum absolute atomic E-state index is 11.8. The first-order chi connectivity index (χ1) is 8.97. The number of nitrogen functional groups attached to an aromatic ring is 1.